The molecule has 146 valence electrons. The van der Waals surface area contributed by atoms with Gasteiger partial charge >= 0.3 is 6.03 Å². The summed E-state index contributed by atoms with van der Waals surface area (Å²) >= 11 is 0. The molecule has 9 heteroatoms. The molecule has 1 aromatic carbocycles. The molecule has 1 aliphatic rings. The molecule has 2 aromatic heterocycles. The molecule has 3 aromatic rings. The van der Waals surface area contributed by atoms with Crippen LogP contribution in [0.2, 0.25) is 0 Å². The van der Waals surface area contributed by atoms with Crippen LogP contribution >= 0.6 is 0 Å². The van der Waals surface area contributed by atoms with Gasteiger partial charge in [0.15, 0.2) is 5.82 Å². The number of aromatic nitrogens is 4. The van der Waals surface area contributed by atoms with Crippen molar-refractivity contribution in [2.75, 3.05) is 36.5 Å². The Hall–Kier alpha value is -3.33. The van der Waals surface area contributed by atoms with Gasteiger partial charge in [-0.15, -0.1) is 0 Å². The van der Waals surface area contributed by atoms with Gasteiger partial charge in [0.25, 0.3) is 0 Å². The summed E-state index contributed by atoms with van der Waals surface area (Å²) in [6.45, 7) is 5.39. The number of carbonyl (C=O) groups is 1. The maximum Gasteiger partial charge on any atom is 0.321 e. The number of amides is 2. The molecule has 0 saturated carbocycles. The fourth-order valence-corrected chi connectivity index (χ4v) is 3.07. The first-order valence-electron chi connectivity index (χ1n) is 9.31. The lowest BCUT2D eigenvalue weighted by Gasteiger charge is -2.14. The Bertz CT molecular complexity index is 932. The smallest absolute Gasteiger partial charge is 0.321 e. The molecule has 1 aliphatic heterocycles. The normalized spacial score (nSPS) is 13.8. The van der Waals surface area contributed by atoms with Crippen molar-refractivity contribution >= 4 is 23.2 Å². The Morgan fingerprint density at radius 1 is 1.29 bits per heavy atom. The van der Waals surface area contributed by atoms with E-state index in [1.807, 2.05) is 48.1 Å². The molecule has 0 atom stereocenters. The first-order valence-corrected chi connectivity index (χ1v) is 9.31. The quantitative estimate of drug-likeness (QED) is 0.521. The highest BCUT2D eigenvalue weighted by molar-refractivity contribution is 5.94. The second-order valence-electron chi connectivity index (χ2n) is 6.41. The molecule has 9 nitrogen and oxygen atoms in total. The van der Waals surface area contributed by atoms with E-state index in [2.05, 4.69) is 25.9 Å². The molecule has 0 aliphatic carbocycles. The number of H-pyrrole nitrogens is 1. The van der Waals surface area contributed by atoms with E-state index in [0.29, 0.717) is 38.7 Å². The number of hydrogen-bond acceptors (Lipinski definition) is 5. The lowest BCUT2D eigenvalue weighted by Crippen LogP contribution is -2.27. The molecule has 1 fully saturated rings. The maximum atomic E-state index is 11.8. The Kier molecular flexibility index (Phi) is 5.24. The number of anilines is 3. The highest BCUT2D eigenvalue weighted by atomic mass is 16.5. The number of ether oxygens (including phenoxy) is 1. The summed E-state index contributed by atoms with van der Waals surface area (Å²) in [5.41, 5.74) is 3.64. The summed E-state index contributed by atoms with van der Waals surface area (Å²) in [5.74, 6) is 0.711. The highest BCUT2D eigenvalue weighted by Crippen LogP contribution is 2.25. The molecule has 0 bridgehead atoms. The zero-order valence-electron chi connectivity index (χ0n) is 15.7. The summed E-state index contributed by atoms with van der Waals surface area (Å²) < 4.78 is 7.17. The van der Waals surface area contributed by atoms with E-state index in [1.54, 1.807) is 11.1 Å². The first-order chi connectivity index (χ1) is 13.7. The van der Waals surface area contributed by atoms with Gasteiger partial charge in [-0.2, -0.15) is 10.2 Å². The van der Waals surface area contributed by atoms with Gasteiger partial charge in [0, 0.05) is 37.6 Å². The van der Waals surface area contributed by atoms with Gasteiger partial charge in [0.1, 0.15) is 0 Å². The van der Waals surface area contributed by atoms with Crippen molar-refractivity contribution in [3.05, 3.63) is 42.7 Å². The number of aromatic amines is 1. The lowest BCUT2D eigenvalue weighted by atomic mass is 10.1. The van der Waals surface area contributed by atoms with Gasteiger partial charge in [-0.3, -0.25) is 14.7 Å². The van der Waals surface area contributed by atoms with Crippen molar-refractivity contribution in [1.82, 2.24) is 25.3 Å². The zero-order chi connectivity index (χ0) is 19.3. The largest absolute Gasteiger partial charge is 0.380 e. The molecule has 0 radical (unpaired) electrons. The minimum absolute atomic E-state index is 0.0532. The van der Waals surface area contributed by atoms with E-state index < -0.39 is 0 Å². The van der Waals surface area contributed by atoms with Crippen LogP contribution < -0.4 is 15.5 Å². The molecule has 1 saturated heterocycles. The van der Waals surface area contributed by atoms with E-state index in [9.17, 15) is 4.79 Å². The number of urea groups is 1. The second-order valence-corrected chi connectivity index (χ2v) is 6.41. The minimum Gasteiger partial charge on any atom is -0.380 e. The van der Waals surface area contributed by atoms with Crippen molar-refractivity contribution in [2.24, 2.45) is 0 Å². The summed E-state index contributed by atoms with van der Waals surface area (Å²) in [6, 6.07) is 9.72. The Morgan fingerprint density at radius 2 is 2.14 bits per heavy atom. The van der Waals surface area contributed by atoms with Crippen LogP contribution in [0.3, 0.4) is 0 Å². The predicted octanol–water partition coefficient (Wildman–Crippen LogP) is 2.58. The number of nitrogens with one attached hydrogen (secondary N) is 3. The molecule has 2 amide bonds. The summed E-state index contributed by atoms with van der Waals surface area (Å²) in [4.78, 5) is 13.5. The zero-order valence-corrected chi connectivity index (χ0v) is 15.7. The number of rotatable bonds is 8. The fourth-order valence-electron chi connectivity index (χ4n) is 3.07. The van der Waals surface area contributed by atoms with Crippen molar-refractivity contribution in [3.8, 4) is 11.3 Å². The van der Waals surface area contributed by atoms with Gasteiger partial charge in [-0.25, -0.2) is 4.79 Å². The average Bonchev–Trinajstić information content (AvgIpc) is 3.44. The van der Waals surface area contributed by atoms with Gasteiger partial charge in [0.05, 0.1) is 30.7 Å². The number of hydrogen-bond donors (Lipinski definition) is 3. The van der Waals surface area contributed by atoms with Gasteiger partial charge in [-0.1, -0.05) is 12.1 Å². The summed E-state index contributed by atoms with van der Waals surface area (Å²) in [5, 5.41) is 17.7. The second kappa shape index (κ2) is 8.13. The third-order valence-corrected chi connectivity index (χ3v) is 4.50. The molecule has 0 unspecified atom stereocenters. The van der Waals surface area contributed by atoms with Gasteiger partial charge in [0.2, 0.25) is 0 Å². The number of nitrogens with zero attached hydrogens (tertiary/aromatic N) is 4. The lowest BCUT2D eigenvalue weighted by molar-refractivity contribution is 0.136. The van der Waals surface area contributed by atoms with Crippen LogP contribution in [0, 0.1) is 0 Å². The van der Waals surface area contributed by atoms with Crippen LogP contribution in [0.15, 0.2) is 42.7 Å². The first kappa shape index (κ1) is 18.1. The topological polar surface area (TPSA) is 100 Å². The number of benzene rings is 1. The predicted molar refractivity (Wildman–Crippen MR) is 107 cm³/mol. The average molecular weight is 381 g/mol. The SMILES string of the molecule is CCOCCn1cc(Nc2cc(-c3ccc(N4CCNC4=O)cc3)[nH]n2)cn1. The molecular formula is C19H23N7O2. The van der Waals surface area contributed by atoms with E-state index in [0.717, 1.165) is 22.6 Å². The third-order valence-electron chi connectivity index (χ3n) is 4.50. The summed E-state index contributed by atoms with van der Waals surface area (Å²) in [6.07, 6.45) is 3.68. The van der Waals surface area contributed by atoms with Gasteiger partial charge in [-0.05, 0) is 24.6 Å². The van der Waals surface area contributed by atoms with Crippen LogP contribution in [0.5, 0.6) is 0 Å². The van der Waals surface area contributed by atoms with E-state index >= 15 is 0 Å². The van der Waals surface area contributed by atoms with Crippen LogP contribution in [0.4, 0.5) is 22.0 Å². The molecule has 3 heterocycles. The highest BCUT2D eigenvalue weighted by Gasteiger charge is 2.20. The molecule has 4 rings (SSSR count). The van der Waals surface area contributed by atoms with Crippen molar-refractivity contribution in [1.29, 1.82) is 0 Å². The van der Waals surface area contributed by atoms with Crippen LogP contribution in [0.25, 0.3) is 11.3 Å². The Morgan fingerprint density at radius 3 is 2.89 bits per heavy atom. The summed E-state index contributed by atoms with van der Waals surface area (Å²) in [7, 11) is 0. The van der Waals surface area contributed by atoms with Crippen LogP contribution in [0.1, 0.15) is 6.92 Å². The van der Waals surface area contributed by atoms with E-state index in [4.69, 9.17) is 4.74 Å². The molecule has 3 N–H and O–H groups in total. The monoisotopic (exact) mass is 381 g/mol. The van der Waals surface area contributed by atoms with E-state index in [1.165, 1.54) is 0 Å². The van der Waals surface area contributed by atoms with Crippen molar-refractivity contribution < 1.29 is 9.53 Å². The van der Waals surface area contributed by atoms with Crippen LogP contribution in [-0.2, 0) is 11.3 Å². The molecular weight excluding hydrogens is 358 g/mol. The van der Waals surface area contributed by atoms with Gasteiger partial charge < -0.3 is 15.4 Å². The third kappa shape index (κ3) is 3.99. The Labute approximate surface area is 162 Å². The molecule has 28 heavy (non-hydrogen) atoms. The fraction of sp³-hybridized carbons (Fsp3) is 0.316. The Balaban J connectivity index is 1.39. The van der Waals surface area contributed by atoms with Crippen molar-refractivity contribution in [2.45, 2.75) is 13.5 Å². The molecule has 0 spiro atoms. The van der Waals surface area contributed by atoms with Crippen LogP contribution in [-0.4, -0.2) is 52.3 Å². The van der Waals surface area contributed by atoms with Crippen molar-refractivity contribution in [3.63, 3.8) is 0 Å². The minimum atomic E-state index is -0.0532. The number of carbonyl (C=O) groups excluding carboxylic acids is 1. The van der Waals surface area contributed by atoms with E-state index in [-0.39, 0.29) is 6.03 Å². The maximum absolute atomic E-state index is 11.8. The standard InChI is InChI=1S/C19H23N7O2/c1-2-28-10-9-25-13-15(12-21-25)22-18-11-17(23-24-18)14-3-5-16(6-4-14)26-8-7-20-19(26)27/h3-6,11-13H,2,7-10H2,1H3,(H,20,27)(H2,22,23,24).